The number of hydrogen-bond acceptors (Lipinski definition) is 3. The second-order valence-corrected chi connectivity index (χ2v) is 8.06. The molecule has 0 atom stereocenters. The maximum atomic E-state index is 12.7. The molecule has 0 bridgehead atoms. The van der Waals surface area contributed by atoms with Crippen LogP contribution < -0.4 is 10.1 Å². The van der Waals surface area contributed by atoms with E-state index in [2.05, 4.69) is 28.2 Å². The van der Waals surface area contributed by atoms with Crippen molar-refractivity contribution in [2.45, 2.75) is 20.0 Å². The molecule has 0 heterocycles. The molecule has 3 aromatic rings. The molecule has 0 saturated carbocycles. The number of nitriles is 1. The predicted molar refractivity (Wildman–Crippen MR) is 128 cm³/mol. The van der Waals surface area contributed by atoms with Gasteiger partial charge in [-0.25, -0.2) is 0 Å². The molecule has 1 N–H and O–H groups in total. The molecule has 31 heavy (non-hydrogen) atoms. The van der Waals surface area contributed by atoms with E-state index in [4.69, 9.17) is 16.3 Å². The fourth-order valence-corrected chi connectivity index (χ4v) is 3.43. The van der Waals surface area contributed by atoms with Crippen molar-refractivity contribution in [2.75, 3.05) is 5.32 Å². The number of amides is 1. The van der Waals surface area contributed by atoms with Crippen molar-refractivity contribution in [1.82, 2.24) is 0 Å². The molecule has 4 nitrogen and oxygen atoms in total. The first-order valence-corrected chi connectivity index (χ1v) is 10.8. The van der Waals surface area contributed by atoms with Crippen LogP contribution in [0.25, 0.3) is 6.08 Å². The Hall–Kier alpha value is -3.07. The Morgan fingerprint density at radius 2 is 1.90 bits per heavy atom. The molecule has 0 aliphatic heterocycles. The first-order chi connectivity index (χ1) is 15.0. The number of hydrogen-bond donors (Lipinski definition) is 1. The molecule has 3 aromatic carbocycles. The van der Waals surface area contributed by atoms with Gasteiger partial charge in [0.25, 0.3) is 5.91 Å². The van der Waals surface area contributed by atoms with E-state index < -0.39 is 5.91 Å². The summed E-state index contributed by atoms with van der Waals surface area (Å²) in [4.78, 5) is 12.7. The smallest absolute Gasteiger partial charge is 0.266 e. The van der Waals surface area contributed by atoms with Crippen LogP contribution in [0.2, 0.25) is 5.02 Å². The van der Waals surface area contributed by atoms with E-state index in [-0.39, 0.29) is 12.2 Å². The zero-order valence-corrected chi connectivity index (χ0v) is 19.2. The number of anilines is 1. The van der Waals surface area contributed by atoms with Crippen molar-refractivity contribution < 1.29 is 9.53 Å². The summed E-state index contributed by atoms with van der Waals surface area (Å²) in [6.07, 6.45) is 2.43. The Morgan fingerprint density at radius 3 is 2.58 bits per heavy atom. The van der Waals surface area contributed by atoms with Gasteiger partial charge >= 0.3 is 0 Å². The van der Waals surface area contributed by atoms with Crippen LogP contribution >= 0.6 is 27.5 Å². The maximum absolute atomic E-state index is 12.7. The summed E-state index contributed by atoms with van der Waals surface area (Å²) in [6.45, 7) is 2.33. The Balaban J connectivity index is 1.82. The highest BCUT2D eigenvalue weighted by molar-refractivity contribution is 9.10. The van der Waals surface area contributed by atoms with Crippen molar-refractivity contribution in [3.63, 3.8) is 0 Å². The first kappa shape index (κ1) is 22.6. The van der Waals surface area contributed by atoms with E-state index in [0.29, 0.717) is 22.0 Å². The van der Waals surface area contributed by atoms with Crippen LogP contribution in [0.15, 0.2) is 76.8 Å². The SMILES string of the molecule is CCc1ccc(NC(=O)/C(C#N)=C/c2cc(Br)ccc2OCc2ccccc2Cl)cc1. The third-order valence-electron chi connectivity index (χ3n) is 4.60. The van der Waals surface area contributed by atoms with Gasteiger partial charge in [-0.3, -0.25) is 4.79 Å². The van der Waals surface area contributed by atoms with Gasteiger partial charge in [0, 0.05) is 26.3 Å². The van der Waals surface area contributed by atoms with Crippen molar-refractivity contribution in [3.05, 3.63) is 98.5 Å². The predicted octanol–water partition coefficient (Wildman–Crippen LogP) is 6.79. The van der Waals surface area contributed by atoms with Crippen molar-refractivity contribution in [3.8, 4) is 11.8 Å². The van der Waals surface area contributed by atoms with Gasteiger partial charge in [-0.2, -0.15) is 5.26 Å². The van der Waals surface area contributed by atoms with Gasteiger partial charge in [0.1, 0.15) is 24.0 Å². The van der Waals surface area contributed by atoms with Crippen molar-refractivity contribution >= 4 is 45.2 Å². The second-order valence-electron chi connectivity index (χ2n) is 6.74. The first-order valence-electron chi connectivity index (χ1n) is 9.68. The van der Waals surface area contributed by atoms with Gasteiger partial charge in [-0.05, 0) is 54.5 Å². The number of aryl methyl sites for hydroxylation is 1. The number of rotatable bonds is 7. The average molecular weight is 496 g/mol. The van der Waals surface area contributed by atoms with Crippen LogP contribution in [0.3, 0.4) is 0 Å². The van der Waals surface area contributed by atoms with Crippen LogP contribution in [-0.4, -0.2) is 5.91 Å². The van der Waals surface area contributed by atoms with Crippen LogP contribution in [0.5, 0.6) is 5.75 Å². The van der Waals surface area contributed by atoms with E-state index in [9.17, 15) is 10.1 Å². The number of benzene rings is 3. The third-order valence-corrected chi connectivity index (χ3v) is 5.46. The summed E-state index contributed by atoms with van der Waals surface area (Å²) < 4.78 is 6.74. The minimum atomic E-state index is -0.483. The lowest BCUT2D eigenvalue weighted by Crippen LogP contribution is -2.13. The molecule has 0 unspecified atom stereocenters. The second kappa shape index (κ2) is 10.8. The molecular weight excluding hydrogens is 476 g/mol. The topological polar surface area (TPSA) is 62.1 Å². The number of ether oxygens (including phenoxy) is 1. The van der Waals surface area contributed by atoms with Crippen molar-refractivity contribution in [2.24, 2.45) is 0 Å². The number of nitrogens with zero attached hydrogens (tertiary/aromatic N) is 1. The van der Waals surface area contributed by atoms with Crippen LogP contribution in [0.1, 0.15) is 23.6 Å². The van der Waals surface area contributed by atoms with Gasteiger partial charge in [-0.15, -0.1) is 0 Å². The quantitative estimate of drug-likeness (QED) is 0.290. The summed E-state index contributed by atoms with van der Waals surface area (Å²) >= 11 is 9.64. The highest BCUT2D eigenvalue weighted by Gasteiger charge is 2.12. The van der Waals surface area contributed by atoms with Gasteiger partial charge in [0.05, 0.1) is 0 Å². The van der Waals surface area contributed by atoms with E-state index in [1.165, 1.54) is 11.6 Å². The van der Waals surface area contributed by atoms with Crippen LogP contribution in [-0.2, 0) is 17.8 Å². The minimum Gasteiger partial charge on any atom is -0.488 e. The summed E-state index contributed by atoms with van der Waals surface area (Å²) in [7, 11) is 0. The Bertz CT molecular complexity index is 1150. The Kier molecular flexibility index (Phi) is 7.88. The van der Waals surface area contributed by atoms with Gasteiger partial charge < -0.3 is 10.1 Å². The molecule has 6 heteroatoms. The molecule has 3 rings (SSSR count). The molecular formula is C25H20BrClN2O2. The van der Waals surface area contributed by atoms with E-state index in [1.54, 1.807) is 18.2 Å². The van der Waals surface area contributed by atoms with Crippen LogP contribution in [0.4, 0.5) is 5.69 Å². The fourth-order valence-electron chi connectivity index (χ4n) is 2.86. The number of halogens is 2. The van der Waals surface area contributed by atoms with E-state index >= 15 is 0 Å². The molecule has 0 radical (unpaired) electrons. The summed E-state index contributed by atoms with van der Waals surface area (Å²) in [5, 5.41) is 13.0. The molecule has 0 aromatic heterocycles. The molecule has 0 aliphatic carbocycles. The number of carbonyl (C=O) groups excluding carboxylic acids is 1. The van der Waals surface area contributed by atoms with Gasteiger partial charge in [0.15, 0.2) is 0 Å². The van der Waals surface area contributed by atoms with Gasteiger partial charge in [-0.1, -0.05) is 64.8 Å². The standard InChI is InChI=1S/C25H20BrClN2O2/c1-2-17-7-10-22(11-8-17)29-25(30)20(15-28)13-19-14-21(26)9-12-24(19)31-16-18-5-3-4-6-23(18)27/h3-14H,2,16H2,1H3,(H,29,30)/b20-13+. The Labute approximate surface area is 195 Å². The van der Waals surface area contributed by atoms with E-state index in [0.717, 1.165) is 16.5 Å². The fraction of sp³-hybridized carbons (Fsp3) is 0.120. The molecule has 0 saturated heterocycles. The summed E-state index contributed by atoms with van der Waals surface area (Å²) in [5.74, 6) is 0.0553. The summed E-state index contributed by atoms with van der Waals surface area (Å²) in [5.41, 5.74) is 3.22. The van der Waals surface area contributed by atoms with Gasteiger partial charge in [0.2, 0.25) is 0 Å². The minimum absolute atomic E-state index is 0.0275. The average Bonchev–Trinajstić information content (AvgIpc) is 2.78. The lowest BCUT2D eigenvalue weighted by atomic mass is 10.1. The zero-order valence-electron chi connectivity index (χ0n) is 16.9. The monoisotopic (exact) mass is 494 g/mol. The van der Waals surface area contributed by atoms with E-state index in [1.807, 2.05) is 54.6 Å². The normalized spacial score (nSPS) is 11.0. The summed E-state index contributed by atoms with van der Waals surface area (Å²) in [6, 6.07) is 22.3. The molecule has 156 valence electrons. The third kappa shape index (κ3) is 6.21. The molecule has 0 aliphatic rings. The maximum Gasteiger partial charge on any atom is 0.266 e. The molecule has 0 spiro atoms. The Morgan fingerprint density at radius 1 is 1.16 bits per heavy atom. The highest BCUT2D eigenvalue weighted by atomic mass is 79.9. The lowest BCUT2D eigenvalue weighted by Gasteiger charge is -2.11. The van der Waals surface area contributed by atoms with Crippen molar-refractivity contribution in [1.29, 1.82) is 5.26 Å². The van der Waals surface area contributed by atoms with Crippen LogP contribution in [0, 0.1) is 11.3 Å². The largest absolute Gasteiger partial charge is 0.488 e. The lowest BCUT2D eigenvalue weighted by molar-refractivity contribution is -0.112. The number of nitrogens with one attached hydrogen (secondary N) is 1. The highest BCUT2D eigenvalue weighted by Crippen LogP contribution is 2.27. The molecule has 0 fully saturated rings. The number of carbonyl (C=O) groups is 1. The zero-order chi connectivity index (χ0) is 22.2. The molecule has 1 amide bonds.